The maximum atomic E-state index is 12.2. The Hall–Kier alpha value is -1.79. The number of carboxylic acids is 1. The number of hydrogen-bond donors (Lipinski definition) is 2. The van der Waals surface area contributed by atoms with Crippen LogP contribution in [0.2, 0.25) is 0 Å². The molecule has 1 aliphatic rings. The molecule has 0 radical (unpaired) electrons. The topological polar surface area (TPSA) is 90.0 Å². The van der Waals surface area contributed by atoms with E-state index in [0.717, 1.165) is 0 Å². The standard InChI is InChI=1S/C12H21N3O4/c1-3-14(8-10(16)13-2)12(19)15-6-4-5-9(7-15)11(17)18/h9H,3-8H2,1-2H3,(H,13,16)(H,17,18)/t9-/m1/s1. The SMILES string of the molecule is CCN(CC(=O)NC)C(=O)N1CCC[C@@H](C(=O)O)C1. The van der Waals surface area contributed by atoms with Crippen molar-refractivity contribution in [1.29, 1.82) is 0 Å². The van der Waals surface area contributed by atoms with Crippen molar-refractivity contribution in [2.24, 2.45) is 5.92 Å². The van der Waals surface area contributed by atoms with Crippen molar-refractivity contribution in [2.45, 2.75) is 19.8 Å². The number of nitrogens with one attached hydrogen (secondary N) is 1. The highest BCUT2D eigenvalue weighted by Gasteiger charge is 2.30. The monoisotopic (exact) mass is 271 g/mol. The first-order chi connectivity index (χ1) is 8.99. The summed E-state index contributed by atoms with van der Waals surface area (Å²) in [5.41, 5.74) is 0. The van der Waals surface area contributed by atoms with E-state index in [9.17, 15) is 14.4 Å². The summed E-state index contributed by atoms with van der Waals surface area (Å²) >= 11 is 0. The Kier molecular flexibility index (Phi) is 5.59. The van der Waals surface area contributed by atoms with E-state index in [1.54, 1.807) is 6.92 Å². The van der Waals surface area contributed by atoms with Gasteiger partial charge < -0.3 is 20.2 Å². The molecule has 2 N–H and O–H groups in total. The number of rotatable bonds is 4. The molecule has 1 atom stereocenters. The normalized spacial score (nSPS) is 18.8. The van der Waals surface area contributed by atoms with Gasteiger partial charge in [0.1, 0.15) is 6.54 Å². The summed E-state index contributed by atoms with van der Waals surface area (Å²) in [5.74, 6) is -1.61. The predicted molar refractivity (Wildman–Crippen MR) is 68.6 cm³/mol. The number of aliphatic carboxylic acids is 1. The number of nitrogens with zero attached hydrogens (tertiary/aromatic N) is 2. The Morgan fingerprint density at radius 1 is 1.42 bits per heavy atom. The van der Waals surface area contributed by atoms with Crippen LogP contribution in [0, 0.1) is 5.92 Å². The van der Waals surface area contributed by atoms with Crippen molar-refractivity contribution in [3.63, 3.8) is 0 Å². The van der Waals surface area contributed by atoms with E-state index in [1.807, 2.05) is 0 Å². The number of piperidine rings is 1. The van der Waals surface area contributed by atoms with Crippen LogP contribution in [0.3, 0.4) is 0 Å². The zero-order valence-corrected chi connectivity index (χ0v) is 11.4. The van der Waals surface area contributed by atoms with Crippen LogP contribution in [0.1, 0.15) is 19.8 Å². The van der Waals surface area contributed by atoms with Crippen molar-refractivity contribution < 1.29 is 19.5 Å². The number of carboxylic acid groups (broad SMARTS) is 1. The number of likely N-dealkylation sites (tertiary alicyclic amines) is 1. The molecule has 0 aromatic heterocycles. The second-order valence-corrected chi connectivity index (χ2v) is 4.59. The van der Waals surface area contributed by atoms with E-state index in [1.165, 1.54) is 16.8 Å². The van der Waals surface area contributed by atoms with E-state index in [-0.39, 0.29) is 25.0 Å². The zero-order chi connectivity index (χ0) is 14.4. The molecule has 0 aromatic carbocycles. The van der Waals surface area contributed by atoms with Crippen molar-refractivity contribution in [1.82, 2.24) is 15.1 Å². The van der Waals surface area contributed by atoms with Crippen LogP contribution in [0.5, 0.6) is 0 Å². The van der Waals surface area contributed by atoms with Gasteiger partial charge in [0, 0.05) is 26.7 Å². The van der Waals surface area contributed by atoms with E-state index in [2.05, 4.69) is 5.32 Å². The Balaban J connectivity index is 2.63. The smallest absolute Gasteiger partial charge is 0.320 e. The maximum Gasteiger partial charge on any atom is 0.320 e. The molecule has 1 rings (SSSR count). The minimum Gasteiger partial charge on any atom is -0.481 e. The van der Waals surface area contributed by atoms with E-state index in [0.29, 0.717) is 25.9 Å². The molecule has 108 valence electrons. The third kappa shape index (κ3) is 4.11. The van der Waals surface area contributed by atoms with Crippen LogP contribution in [0.4, 0.5) is 4.79 Å². The van der Waals surface area contributed by atoms with Gasteiger partial charge in [-0.15, -0.1) is 0 Å². The van der Waals surface area contributed by atoms with Crippen molar-refractivity contribution in [3.05, 3.63) is 0 Å². The largest absolute Gasteiger partial charge is 0.481 e. The Morgan fingerprint density at radius 3 is 2.63 bits per heavy atom. The molecule has 3 amide bonds. The second kappa shape index (κ2) is 6.96. The highest BCUT2D eigenvalue weighted by molar-refractivity contribution is 5.84. The molecular weight excluding hydrogens is 250 g/mol. The lowest BCUT2D eigenvalue weighted by Crippen LogP contribution is -2.50. The van der Waals surface area contributed by atoms with E-state index in [4.69, 9.17) is 5.11 Å². The lowest BCUT2D eigenvalue weighted by molar-refractivity contribution is -0.143. The minimum atomic E-state index is -0.869. The first-order valence-corrected chi connectivity index (χ1v) is 6.46. The number of urea groups is 1. The average Bonchev–Trinajstić information content (AvgIpc) is 2.43. The van der Waals surface area contributed by atoms with Crippen LogP contribution in [-0.4, -0.2) is 66.0 Å². The predicted octanol–water partition coefficient (Wildman–Crippen LogP) is -0.0291. The fourth-order valence-corrected chi connectivity index (χ4v) is 2.12. The Labute approximate surface area is 112 Å². The summed E-state index contributed by atoms with van der Waals surface area (Å²) in [5, 5.41) is 11.5. The molecular formula is C12H21N3O4. The molecule has 1 fully saturated rings. The lowest BCUT2D eigenvalue weighted by atomic mass is 9.99. The summed E-state index contributed by atoms with van der Waals surface area (Å²) in [6.45, 7) is 2.98. The molecule has 0 bridgehead atoms. The number of carbonyl (C=O) groups is 3. The van der Waals surface area contributed by atoms with Gasteiger partial charge in [0.2, 0.25) is 5.91 Å². The molecule has 7 heteroatoms. The van der Waals surface area contributed by atoms with Gasteiger partial charge in [-0.1, -0.05) is 0 Å². The molecule has 0 unspecified atom stereocenters. The molecule has 1 heterocycles. The molecule has 0 spiro atoms. The molecule has 0 aromatic rings. The van der Waals surface area contributed by atoms with Gasteiger partial charge in [0.25, 0.3) is 0 Å². The molecule has 1 aliphatic heterocycles. The quantitative estimate of drug-likeness (QED) is 0.751. The first-order valence-electron chi connectivity index (χ1n) is 6.46. The molecule has 7 nitrogen and oxygen atoms in total. The van der Waals surface area contributed by atoms with Crippen LogP contribution in [-0.2, 0) is 9.59 Å². The number of amides is 3. The van der Waals surface area contributed by atoms with Gasteiger partial charge >= 0.3 is 12.0 Å². The minimum absolute atomic E-state index is 0.0000709. The average molecular weight is 271 g/mol. The van der Waals surface area contributed by atoms with Gasteiger partial charge in [-0.2, -0.15) is 0 Å². The fourth-order valence-electron chi connectivity index (χ4n) is 2.12. The van der Waals surface area contributed by atoms with E-state index < -0.39 is 11.9 Å². The highest BCUT2D eigenvalue weighted by Crippen LogP contribution is 2.17. The third-order valence-corrected chi connectivity index (χ3v) is 3.31. The zero-order valence-electron chi connectivity index (χ0n) is 11.4. The molecule has 0 aliphatic carbocycles. The Morgan fingerprint density at radius 2 is 2.11 bits per heavy atom. The maximum absolute atomic E-state index is 12.2. The van der Waals surface area contributed by atoms with Gasteiger partial charge in [0.05, 0.1) is 5.92 Å². The molecule has 0 saturated carbocycles. The molecule has 1 saturated heterocycles. The van der Waals surface area contributed by atoms with Crippen LogP contribution >= 0.6 is 0 Å². The fraction of sp³-hybridized carbons (Fsp3) is 0.750. The summed E-state index contributed by atoms with van der Waals surface area (Å²) in [6.07, 6.45) is 1.28. The van der Waals surface area contributed by atoms with Crippen LogP contribution in [0.25, 0.3) is 0 Å². The second-order valence-electron chi connectivity index (χ2n) is 4.59. The van der Waals surface area contributed by atoms with Crippen molar-refractivity contribution in [3.8, 4) is 0 Å². The highest BCUT2D eigenvalue weighted by atomic mass is 16.4. The lowest BCUT2D eigenvalue weighted by Gasteiger charge is -2.34. The Bertz CT molecular complexity index is 359. The van der Waals surface area contributed by atoms with Crippen LogP contribution in [0.15, 0.2) is 0 Å². The summed E-state index contributed by atoms with van der Waals surface area (Å²) in [7, 11) is 1.52. The van der Waals surface area contributed by atoms with Crippen LogP contribution < -0.4 is 5.32 Å². The van der Waals surface area contributed by atoms with Gasteiger partial charge in [-0.3, -0.25) is 9.59 Å². The summed E-state index contributed by atoms with van der Waals surface area (Å²) < 4.78 is 0. The van der Waals surface area contributed by atoms with Gasteiger partial charge in [-0.05, 0) is 19.8 Å². The number of hydrogen-bond acceptors (Lipinski definition) is 3. The van der Waals surface area contributed by atoms with Crippen molar-refractivity contribution >= 4 is 17.9 Å². The summed E-state index contributed by atoms with van der Waals surface area (Å²) in [6, 6.07) is -0.267. The first kappa shape index (κ1) is 15.3. The van der Waals surface area contributed by atoms with Gasteiger partial charge in [-0.25, -0.2) is 4.79 Å². The molecule has 19 heavy (non-hydrogen) atoms. The number of likely N-dealkylation sites (N-methyl/N-ethyl adjacent to an activating group) is 2. The summed E-state index contributed by atoms with van der Waals surface area (Å²) in [4.78, 5) is 37.5. The third-order valence-electron chi connectivity index (χ3n) is 3.31. The van der Waals surface area contributed by atoms with Gasteiger partial charge in [0.15, 0.2) is 0 Å². The number of carbonyl (C=O) groups excluding carboxylic acids is 2. The van der Waals surface area contributed by atoms with E-state index >= 15 is 0 Å². The van der Waals surface area contributed by atoms with Crippen molar-refractivity contribution in [2.75, 3.05) is 33.2 Å².